The lowest BCUT2D eigenvalue weighted by Gasteiger charge is -2.25. The van der Waals surface area contributed by atoms with Gasteiger partial charge in [0.1, 0.15) is 13.7 Å². The molecule has 0 saturated carbocycles. The summed E-state index contributed by atoms with van der Waals surface area (Å²) in [6, 6.07) is 9.90. The summed E-state index contributed by atoms with van der Waals surface area (Å²) >= 11 is 5.79. The summed E-state index contributed by atoms with van der Waals surface area (Å²) in [5.74, 6) is -0.677. The molecule has 0 aliphatic rings. The molecule has 1 aromatic carbocycles. The maximum atomic E-state index is 12.2. The molecule has 0 saturated heterocycles. The van der Waals surface area contributed by atoms with E-state index in [-0.39, 0.29) is 12.5 Å². The van der Waals surface area contributed by atoms with Gasteiger partial charge >= 0.3 is 5.97 Å². The summed E-state index contributed by atoms with van der Waals surface area (Å²) in [5, 5.41) is 3.41. The Hall–Kier alpha value is -2.40. The van der Waals surface area contributed by atoms with E-state index in [0.29, 0.717) is 16.1 Å². The molecule has 0 bridgehead atoms. The summed E-state index contributed by atoms with van der Waals surface area (Å²) in [6.45, 7) is 3.65. The van der Waals surface area contributed by atoms with Crippen LogP contribution in [0, 0.1) is 0 Å². The number of ether oxygens (including phenoxy) is 1. The van der Waals surface area contributed by atoms with Crippen molar-refractivity contribution in [2.75, 3.05) is 6.61 Å². The van der Waals surface area contributed by atoms with Gasteiger partial charge in [0.05, 0.1) is 16.7 Å². The van der Waals surface area contributed by atoms with Crippen molar-refractivity contribution in [2.45, 2.75) is 19.4 Å². The van der Waals surface area contributed by atoms with Crippen LogP contribution in [0.25, 0.3) is 0 Å². The maximum Gasteiger partial charge on any atom is 0.338 e. The number of esters is 1. The average molecular weight is 348 g/mol. The van der Waals surface area contributed by atoms with Gasteiger partial charge in [-0.05, 0) is 38.1 Å². The third-order valence-corrected chi connectivity index (χ3v) is 3.59. The van der Waals surface area contributed by atoms with E-state index in [1.54, 1.807) is 62.6 Å². The monoisotopic (exact) mass is 347 g/mol. The minimum Gasteiger partial charge on any atom is -0.460 e. The molecule has 1 amide bonds. The van der Waals surface area contributed by atoms with Crippen molar-refractivity contribution >= 4 is 23.5 Å². The molecule has 1 heterocycles. The second kappa shape index (κ2) is 7.45. The van der Waals surface area contributed by atoms with E-state index >= 15 is 0 Å². The number of aromatic nitrogens is 1. The number of rotatable bonds is 5. The molecule has 0 unspecified atom stereocenters. The predicted octanol–water partition coefficient (Wildman–Crippen LogP) is 2.53. The average Bonchev–Trinajstić information content (AvgIpc) is 2.53. The fourth-order valence-electron chi connectivity index (χ4n) is 1.98. The zero-order chi connectivity index (χ0) is 17.7. The van der Waals surface area contributed by atoms with E-state index < -0.39 is 11.5 Å². The Morgan fingerprint density at radius 3 is 2.25 bits per heavy atom. The van der Waals surface area contributed by atoms with E-state index in [0.717, 1.165) is 0 Å². The van der Waals surface area contributed by atoms with Crippen LogP contribution in [-0.4, -0.2) is 24.0 Å². The van der Waals surface area contributed by atoms with Crippen LogP contribution in [0.3, 0.4) is 0 Å². The first kappa shape index (κ1) is 17.9. The zero-order valence-electron chi connectivity index (χ0n) is 13.9. The Bertz CT molecular complexity index is 725. The molecule has 0 radical (unpaired) electrons. The number of aryl methyl sites for hydroxylation is 1. The molecule has 5 nitrogen and oxygen atoms in total. The molecule has 2 aromatic rings. The van der Waals surface area contributed by atoms with E-state index in [9.17, 15) is 9.59 Å². The highest BCUT2D eigenvalue weighted by molar-refractivity contribution is 6.30. The van der Waals surface area contributed by atoms with Gasteiger partial charge in [-0.25, -0.2) is 9.36 Å². The van der Waals surface area contributed by atoms with Gasteiger partial charge < -0.3 is 10.1 Å². The van der Waals surface area contributed by atoms with Gasteiger partial charge in [0, 0.05) is 17.2 Å². The topological polar surface area (TPSA) is 59.3 Å². The third kappa shape index (κ3) is 5.06. The van der Waals surface area contributed by atoms with Crippen molar-refractivity contribution < 1.29 is 18.9 Å². The fourth-order valence-corrected chi connectivity index (χ4v) is 2.11. The number of amides is 1. The Kier molecular flexibility index (Phi) is 5.57. The van der Waals surface area contributed by atoms with Crippen molar-refractivity contribution in [3.8, 4) is 0 Å². The van der Waals surface area contributed by atoms with Crippen LogP contribution in [0.1, 0.15) is 34.6 Å². The van der Waals surface area contributed by atoms with Gasteiger partial charge in [0.15, 0.2) is 12.4 Å². The van der Waals surface area contributed by atoms with Crippen LogP contribution in [0.2, 0.25) is 5.02 Å². The van der Waals surface area contributed by atoms with Crippen LogP contribution in [0.5, 0.6) is 0 Å². The zero-order valence-corrected chi connectivity index (χ0v) is 14.6. The van der Waals surface area contributed by atoms with Crippen LogP contribution in [-0.2, 0) is 11.8 Å². The molecule has 1 aromatic heterocycles. The van der Waals surface area contributed by atoms with Crippen molar-refractivity contribution in [1.29, 1.82) is 0 Å². The lowest BCUT2D eigenvalue weighted by molar-refractivity contribution is -0.671. The van der Waals surface area contributed by atoms with E-state index in [2.05, 4.69) is 5.32 Å². The summed E-state index contributed by atoms with van der Waals surface area (Å²) in [5.41, 5.74) is 0.263. The molecule has 126 valence electrons. The molecular formula is C18H20ClN2O3+. The Morgan fingerprint density at radius 1 is 1.08 bits per heavy atom. The molecule has 0 aliphatic heterocycles. The number of nitrogens with zero attached hydrogens (tertiary/aromatic N) is 1. The highest BCUT2D eigenvalue weighted by Crippen LogP contribution is 2.12. The van der Waals surface area contributed by atoms with Gasteiger partial charge in [-0.2, -0.15) is 0 Å². The molecule has 1 N–H and O–H groups in total. The summed E-state index contributed by atoms with van der Waals surface area (Å²) in [6.07, 6.45) is 3.59. The molecule has 0 aliphatic carbocycles. The summed E-state index contributed by atoms with van der Waals surface area (Å²) < 4.78 is 7.13. The Morgan fingerprint density at radius 2 is 1.67 bits per heavy atom. The largest absolute Gasteiger partial charge is 0.460 e. The van der Waals surface area contributed by atoms with Crippen molar-refractivity contribution in [3.05, 3.63) is 64.9 Å². The van der Waals surface area contributed by atoms with Gasteiger partial charge in [0.25, 0.3) is 5.91 Å². The normalized spacial score (nSPS) is 11.0. The predicted molar refractivity (Wildman–Crippen MR) is 90.9 cm³/mol. The van der Waals surface area contributed by atoms with Crippen molar-refractivity contribution in [1.82, 2.24) is 5.32 Å². The SMILES string of the molecule is C[n+]1ccc(C(=O)NC(C)(C)COC(=O)c2ccc(Cl)cc2)cc1. The van der Waals surface area contributed by atoms with Crippen LogP contribution < -0.4 is 9.88 Å². The fraction of sp³-hybridized carbons (Fsp3) is 0.278. The summed E-state index contributed by atoms with van der Waals surface area (Å²) in [7, 11) is 1.88. The molecule has 24 heavy (non-hydrogen) atoms. The minimum atomic E-state index is -0.697. The molecule has 0 atom stereocenters. The Balaban J connectivity index is 1.93. The van der Waals surface area contributed by atoms with Gasteiger partial charge in [-0.3, -0.25) is 4.79 Å². The van der Waals surface area contributed by atoms with E-state index in [1.165, 1.54) is 0 Å². The maximum absolute atomic E-state index is 12.2. The highest BCUT2D eigenvalue weighted by Gasteiger charge is 2.24. The molecule has 2 rings (SSSR count). The lowest BCUT2D eigenvalue weighted by atomic mass is 10.1. The molecule has 6 heteroatoms. The van der Waals surface area contributed by atoms with E-state index in [4.69, 9.17) is 16.3 Å². The second-order valence-corrected chi connectivity index (χ2v) is 6.61. The first-order valence-electron chi connectivity index (χ1n) is 7.47. The molecular weight excluding hydrogens is 328 g/mol. The Labute approximate surface area is 146 Å². The molecule has 0 spiro atoms. The molecule has 0 fully saturated rings. The van der Waals surface area contributed by atoms with Crippen LogP contribution in [0.15, 0.2) is 48.8 Å². The first-order valence-corrected chi connectivity index (χ1v) is 7.85. The van der Waals surface area contributed by atoms with Gasteiger partial charge in [0.2, 0.25) is 0 Å². The van der Waals surface area contributed by atoms with Gasteiger partial charge in [-0.15, -0.1) is 0 Å². The number of carbonyl (C=O) groups is 2. The minimum absolute atomic E-state index is 0.0564. The quantitative estimate of drug-likeness (QED) is 0.668. The number of benzene rings is 1. The van der Waals surface area contributed by atoms with E-state index in [1.807, 2.05) is 11.6 Å². The number of nitrogens with one attached hydrogen (secondary N) is 1. The standard InChI is InChI=1S/C18H19ClN2O3/c1-18(2,20-16(22)13-8-10-21(3)11-9-13)12-24-17(23)14-4-6-15(19)7-5-14/h4-11H,12H2,1-3H3/p+1. The highest BCUT2D eigenvalue weighted by atomic mass is 35.5. The third-order valence-electron chi connectivity index (χ3n) is 3.34. The lowest BCUT2D eigenvalue weighted by Crippen LogP contribution is -2.47. The summed E-state index contributed by atoms with van der Waals surface area (Å²) in [4.78, 5) is 24.3. The van der Waals surface area contributed by atoms with Gasteiger partial charge in [-0.1, -0.05) is 11.6 Å². The van der Waals surface area contributed by atoms with Crippen molar-refractivity contribution in [2.24, 2.45) is 7.05 Å². The second-order valence-electron chi connectivity index (χ2n) is 6.17. The number of pyridine rings is 1. The number of halogens is 1. The van der Waals surface area contributed by atoms with Crippen LogP contribution >= 0.6 is 11.6 Å². The number of hydrogen-bond acceptors (Lipinski definition) is 3. The van der Waals surface area contributed by atoms with Crippen molar-refractivity contribution in [3.63, 3.8) is 0 Å². The van der Waals surface area contributed by atoms with Crippen LogP contribution in [0.4, 0.5) is 0 Å². The first-order chi connectivity index (χ1) is 11.3. The number of hydrogen-bond donors (Lipinski definition) is 1. The number of carbonyl (C=O) groups excluding carboxylic acids is 2. The smallest absolute Gasteiger partial charge is 0.338 e.